The van der Waals surface area contributed by atoms with Gasteiger partial charge in [-0.3, -0.25) is 4.79 Å². The number of alkyl halides is 3. The minimum Gasteiger partial charge on any atom is -0.481 e. The third kappa shape index (κ3) is 4.37. The molecule has 9 heteroatoms. The smallest absolute Gasteiger partial charge is 0.416 e. The molecular formula is C14H14BrF3N2O3. The average Bonchev–Trinajstić information content (AvgIpc) is 2.94. The average molecular weight is 395 g/mol. The molecule has 1 unspecified atom stereocenters. The second-order valence-corrected chi connectivity index (χ2v) is 6.14. The maximum absolute atomic E-state index is 13.0. The fourth-order valence-corrected chi connectivity index (χ4v) is 2.76. The lowest BCUT2D eigenvalue weighted by Gasteiger charge is -2.18. The highest BCUT2D eigenvalue weighted by Gasteiger charge is 2.34. The fourth-order valence-electron chi connectivity index (χ4n) is 2.40. The summed E-state index contributed by atoms with van der Waals surface area (Å²) in [6, 6.07) is 3.15. The number of likely N-dealkylation sites (tertiary alicyclic amines) is 1. The maximum atomic E-state index is 13.0. The van der Waals surface area contributed by atoms with E-state index >= 15 is 0 Å². The number of aliphatic carboxylic acids is 1. The number of benzene rings is 1. The normalized spacial score (nSPS) is 18.1. The van der Waals surface area contributed by atoms with E-state index < -0.39 is 29.7 Å². The van der Waals surface area contributed by atoms with Crippen LogP contribution in [0, 0.1) is 5.92 Å². The lowest BCUT2D eigenvalue weighted by molar-refractivity contribution is -0.141. The van der Waals surface area contributed by atoms with Crippen LogP contribution in [0.4, 0.5) is 18.0 Å². The predicted molar refractivity (Wildman–Crippen MR) is 78.7 cm³/mol. The molecule has 126 valence electrons. The van der Waals surface area contributed by atoms with Gasteiger partial charge in [-0.1, -0.05) is 22.0 Å². The number of hydrogen-bond acceptors (Lipinski definition) is 2. The van der Waals surface area contributed by atoms with Crippen molar-refractivity contribution >= 4 is 27.9 Å². The lowest BCUT2D eigenvalue weighted by Crippen LogP contribution is -2.38. The van der Waals surface area contributed by atoms with Crippen LogP contribution in [0.3, 0.4) is 0 Å². The molecule has 1 saturated heterocycles. The van der Waals surface area contributed by atoms with E-state index in [1.165, 1.54) is 17.0 Å². The van der Waals surface area contributed by atoms with Crippen LogP contribution >= 0.6 is 15.9 Å². The van der Waals surface area contributed by atoms with E-state index in [2.05, 4.69) is 21.2 Å². The van der Waals surface area contributed by atoms with Gasteiger partial charge in [0.15, 0.2) is 0 Å². The van der Waals surface area contributed by atoms with Gasteiger partial charge in [0, 0.05) is 24.1 Å². The van der Waals surface area contributed by atoms with Crippen molar-refractivity contribution in [1.29, 1.82) is 0 Å². The zero-order chi connectivity index (χ0) is 17.2. The molecular weight excluding hydrogens is 381 g/mol. The second-order valence-electron chi connectivity index (χ2n) is 5.23. The van der Waals surface area contributed by atoms with Crippen LogP contribution in [0.1, 0.15) is 17.5 Å². The molecule has 0 aliphatic carbocycles. The SMILES string of the molecule is O=C(O)C1CCN(C(=O)NCc2ccc(Br)cc2C(F)(F)F)C1. The maximum Gasteiger partial charge on any atom is 0.416 e. The molecule has 5 nitrogen and oxygen atoms in total. The van der Waals surface area contributed by atoms with Gasteiger partial charge in [-0.25, -0.2) is 4.79 Å². The van der Waals surface area contributed by atoms with Crippen molar-refractivity contribution in [3.05, 3.63) is 33.8 Å². The van der Waals surface area contributed by atoms with Crippen molar-refractivity contribution in [1.82, 2.24) is 10.2 Å². The third-order valence-corrected chi connectivity index (χ3v) is 4.13. The quantitative estimate of drug-likeness (QED) is 0.827. The van der Waals surface area contributed by atoms with Crippen molar-refractivity contribution in [2.75, 3.05) is 13.1 Å². The molecule has 0 aromatic heterocycles. The van der Waals surface area contributed by atoms with Crippen LogP contribution in [0.5, 0.6) is 0 Å². The van der Waals surface area contributed by atoms with E-state index in [0.717, 1.165) is 6.07 Å². The first kappa shape index (κ1) is 17.6. The molecule has 1 fully saturated rings. The van der Waals surface area contributed by atoms with Gasteiger partial charge in [-0.05, 0) is 24.1 Å². The number of carboxylic acids is 1. The Morgan fingerprint density at radius 2 is 2.09 bits per heavy atom. The van der Waals surface area contributed by atoms with E-state index in [1.807, 2.05) is 0 Å². The zero-order valence-electron chi connectivity index (χ0n) is 11.9. The highest BCUT2D eigenvalue weighted by atomic mass is 79.9. The minimum atomic E-state index is -4.52. The summed E-state index contributed by atoms with van der Waals surface area (Å²) >= 11 is 2.99. The molecule has 1 aromatic rings. The van der Waals surface area contributed by atoms with Crippen molar-refractivity contribution in [2.45, 2.75) is 19.1 Å². The number of hydrogen-bond donors (Lipinski definition) is 2. The zero-order valence-corrected chi connectivity index (χ0v) is 13.4. The van der Waals surface area contributed by atoms with Crippen LogP contribution < -0.4 is 5.32 Å². The summed E-state index contributed by atoms with van der Waals surface area (Å²) in [7, 11) is 0. The van der Waals surface area contributed by atoms with Crippen molar-refractivity contribution < 1.29 is 27.9 Å². The standard InChI is InChI=1S/C14H14BrF3N2O3/c15-10-2-1-8(11(5-10)14(16,17)18)6-19-13(23)20-4-3-9(7-20)12(21)22/h1-2,5,9H,3-4,6-7H2,(H,19,23)(H,21,22). The van der Waals surface area contributed by atoms with E-state index in [4.69, 9.17) is 5.11 Å². The molecule has 0 bridgehead atoms. The number of urea groups is 1. The van der Waals surface area contributed by atoms with E-state index in [9.17, 15) is 22.8 Å². The summed E-state index contributed by atoms with van der Waals surface area (Å²) in [5.41, 5.74) is -0.875. The van der Waals surface area contributed by atoms with E-state index in [0.29, 0.717) is 10.9 Å². The fraction of sp³-hybridized carbons (Fsp3) is 0.429. The van der Waals surface area contributed by atoms with Crippen molar-refractivity contribution in [3.63, 3.8) is 0 Å². The summed E-state index contributed by atoms with van der Waals surface area (Å²) in [6.07, 6.45) is -4.18. The summed E-state index contributed by atoms with van der Waals surface area (Å²) < 4.78 is 39.2. The number of rotatable bonds is 3. The lowest BCUT2D eigenvalue weighted by atomic mass is 10.1. The molecule has 23 heavy (non-hydrogen) atoms. The monoisotopic (exact) mass is 394 g/mol. The Hall–Kier alpha value is -1.77. The number of carbonyl (C=O) groups is 2. The summed E-state index contributed by atoms with van der Waals surface area (Å²) in [6.45, 7) is 0.0537. The number of carboxylic acid groups (broad SMARTS) is 1. The predicted octanol–water partition coefficient (Wildman–Crippen LogP) is 3.08. The number of amides is 2. The molecule has 0 spiro atoms. The topological polar surface area (TPSA) is 69.6 Å². The Bertz CT molecular complexity index is 622. The van der Waals surface area contributed by atoms with Crippen molar-refractivity contribution in [3.8, 4) is 0 Å². The Morgan fingerprint density at radius 3 is 2.65 bits per heavy atom. The van der Waals surface area contributed by atoms with Crippen LogP contribution in [0.15, 0.2) is 22.7 Å². The van der Waals surface area contributed by atoms with Crippen LogP contribution in [0.25, 0.3) is 0 Å². The Morgan fingerprint density at radius 1 is 1.39 bits per heavy atom. The van der Waals surface area contributed by atoms with Gasteiger partial charge in [0.05, 0.1) is 11.5 Å². The molecule has 1 atom stereocenters. The summed E-state index contributed by atoms with van der Waals surface area (Å²) in [5.74, 6) is -1.60. The van der Waals surface area contributed by atoms with E-state index in [-0.39, 0.29) is 25.2 Å². The molecule has 2 N–H and O–H groups in total. The summed E-state index contributed by atoms with van der Waals surface area (Å²) in [5, 5.41) is 11.3. The first-order valence-electron chi connectivity index (χ1n) is 6.79. The third-order valence-electron chi connectivity index (χ3n) is 3.63. The van der Waals surface area contributed by atoms with Gasteiger partial charge >= 0.3 is 18.2 Å². The Labute approximate surface area is 138 Å². The Balaban J connectivity index is 2.01. The van der Waals surface area contributed by atoms with Crippen molar-refractivity contribution in [2.24, 2.45) is 5.92 Å². The number of halogens is 4. The van der Waals surface area contributed by atoms with Gasteiger partial charge in [-0.2, -0.15) is 13.2 Å². The molecule has 0 saturated carbocycles. The van der Waals surface area contributed by atoms with Crippen LogP contribution in [-0.4, -0.2) is 35.1 Å². The molecule has 1 aliphatic rings. The highest BCUT2D eigenvalue weighted by molar-refractivity contribution is 9.10. The second kappa shape index (κ2) is 6.77. The molecule has 1 heterocycles. The Kier molecular flexibility index (Phi) is 5.18. The highest BCUT2D eigenvalue weighted by Crippen LogP contribution is 2.33. The first-order chi connectivity index (χ1) is 10.7. The van der Waals surface area contributed by atoms with Gasteiger partial charge < -0.3 is 15.3 Å². The van der Waals surface area contributed by atoms with Crippen LogP contribution in [0.2, 0.25) is 0 Å². The molecule has 0 radical (unpaired) electrons. The van der Waals surface area contributed by atoms with Gasteiger partial charge in [-0.15, -0.1) is 0 Å². The van der Waals surface area contributed by atoms with E-state index in [1.54, 1.807) is 0 Å². The summed E-state index contributed by atoms with van der Waals surface area (Å²) in [4.78, 5) is 24.1. The van der Waals surface area contributed by atoms with Gasteiger partial charge in [0.25, 0.3) is 0 Å². The number of nitrogens with zero attached hydrogens (tertiary/aromatic N) is 1. The number of nitrogens with one attached hydrogen (secondary N) is 1. The largest absolute Gasteiger partial charge is 0.481 e. The molecule has 2 amide bonds. The first-order valence-corrected chi connectivity index (χ1v) is 7.59. The van der Waals surface area contributed by atoms with Gasteiger partial charge in [0.2, 0.25) is 0 Å². The molecule has 1 aromatic carbocycles. The van der Waals surface area contributed by atoms with Crippen LogP contribution in [-0.2, 0) is 17.5 Å². The molecule has 2 rings (SSSR count). The molecule has 1 aliphatic heterocycles. The van der Waals surface area contributed by atoms with Gasteiger partial charge in [0.1, 0.15) is 0 Å². The minimum absolute atomic E-state index is 0.0527. The number of carbonyl (C=O) groups excluding carboxylic acids is 1.